The highest BCUT2D eigenvalue weighted by atomic mass is 35.5. The number of carboxylic acid groups (broad SMARTS) is 1. The third kappa shape index (κ3) is 6.43. The van der Waals surface area contributed by atoms with Crippen LogP contribution in [0.4, 0.5) is 4.79 Å². The number of amides is 2. The predicted octanol–water partition coefficient (Wildman–Crippen LogP) is 5.39. The van der Waals surface area contributed by atoms with Gasteiger partial charge in [0.15, 0.2) is 0 Å². The van der Waals surface area contributed by atoms with Crippen molar-refractivity contribution in [2.24, 2.45) is 17.3 Å². The molecule has 2 amide bonds. The molecular weight excluding hydrogens is 560 g/mol. The molecule has 5 rings (SSSR count). The molecule has 228 valence electrons. The second kappa shape index (κ2) is 12.2. The molecule has 3 aliphatic rings. The standard InChI is InChI=1S/C31H41ClN4O6/c1-17-24-16-36(25(17)29(38)39)28(37)26(31(2,3)4)35-30(40)42-23-12-8-10-18(23)9-6-5-7-11-21-27(41-24)34-22-15-19(32)13-14-20(22)33-21/h13-15,17-18,23-26H,5-12,16H2,1-4H3,(H,35,40)(H,38,39)/t17-,18-,23-,24+,25+,26-/m1/s1. The van der Waals surface area contributed by atoms with Gasteiger partial charge in [0.1, 0.15) is 30.0 Å². The van der Waals surface area contributed by atoms with Crippen LogP contribution in [0.1, 0.15) is 78.3 Å². The van der Waals surface area contributed by atoms with Crippen LogP contribution >= 0.6 is 11.6 Å². The molecule has 1 saturated heterocycles. The Hall–Kier alpha value is -3.14. The van der Waals surface area contributed by atoms with E-state index in [1.54, 1.807) is 19.1 Å². The molecule has 0 unspecified atom stereocenters. The second-order valence-electron chi connectivity index (χ2n) is 13.1. The summed E-state index contributed by atoms with van der Waals surface area (Å²) in [7, 11) is 0. The highest BCUT2D eigenvalue weighted by Gasteiger charge is 2.50. The molecule has 2 aromatic rings. The van der Waals surface area contributed by atoms with Gasteiger partial charge >= 0.3 is 12.1 Å². The molecule has 2 bridgehead atoms. The van der Waals surface area contributed by atoms with Crippen LogP contribution in [0.15, 0.2) is 18.2 Å². The first-order valence-corrected chi connectivity index (χ1v) is 15.4. The zero-order chi connectivity index (χ0) is 30.2. The number of rotatable bonds is 1. The highest BCUT2D eigenvalue weighted by Crippen LogP contribution is 2.35. The van der Waals surface area contributed by atoms with Crippen LogP contribution in [-0.4, -0.2) is 68.8 Å². The van der Waals surface area contributed by atoms with Crippen molar-refractivity contribution in [3.05, 3.63) is 28.9 Å². The van der Waals surface area contributed by atoms with Crippen molar-refractivity contribution in [3.8, 4) is 5.88 Å². The molecule has 2 fully saturated rings. The summed E-state index contributed by atoms with van der Waals surface area (Å²) in [5.41, 5.74) is 1.29. The van der Waals surface area contributed by atoms with Crippen LogP contribution in [-0.2, 0) is 20.7 Å². The SMILES string of the molecule is C[C@@H]1[C@@H]2CN(C(=O)[C@H](C(C)(C)C)NC(=O)O[C@@H]3CCC[C@H]3CCCCCc3nc4ccc(Cl)cc4nc3O2)[C@@H]1C(=O)O. The summed E-state index contributed by atoms with van der Waals surface area (Å²) in [4.78, 5) is 50.6. The number of aryl methyl sites for hydroxylation is 1. The number of hydrogen-bond acceptors (Lipinski definition) is 7. The van der Waals surface area contributed by atoms with Crippen molar-refractivity contribution in [1.29, 1.82) is 0 Å². The van der Waals surface area contributed by atoms with E-state index in [0.717, 1.165) is 44.9 Å². The van der Waals surface area contributed by atoms with Crippen LogP contribution in [0, 0.1) is 17.3 Å². The number of nitrogens with zero attached hydrogens (tertiary/aromatic N) is 3. The average molecular weight is 601 g/mol. The minimum Gasteiger partial charge on any atom is -0.480 e. The van der Waals surface area contributed by atoms with Gasteiger partial charge in [-0.1, -0.05) is 52.1 Å². The molecular formula is C31H41ClN4O6. The van der Waals surface area contributed by atoms with Gasteiger partial charge in [0, 0.05) is 10.9 Å². The minimum atomic E-state index is -1.14. The van der Waals surface area contributed by atoms with Gasteiger partial charge in [-0.3, -0.25) is 4.79 Å². The monoisotopic (exact) mass is 600 g/mol. The normalized spacial score (nSPS) is 29.5. The van der Waals surface area contributed by atoms with Crippen LogP contribution in [0.25, 0.3) is 11.0 Å². The molecule has 11 heteroatoms. The Balaban J connectivity index is 1.52. The lowest BCUT2D eigenvalue weighted by Gasteiger charge is -2.35. The van der Waals surface area contributed by atoms with Crippen LogP contribution in [0.2, 0.25) is 5.02 Å². The zero-order valence-electron chi connectivity index (χ0n) is 24.8. The van der Waals surface area contributed by atoms with E-state index in [2.05, 4.69) is 5.32 Å². The molecule has 0 spiro atoms. The lowest BCUT2D eigenvalue weighted by Crippen LogP contribution is -2.57. The molecule has 2 aliphatic heterocycles. The van der Waals surface area contributed by atoms with Crippen LogP contribution in [0.3, 0.4) is 0 Å². The van der Waals surface area contributed by atoms with Crippen molar-refractivity contribution in [2.75, 3.05) is 6.54 Å². The lowest BCUT2D eigenvalue weighted by atomic mass is 9.85. The first-order valence-electron chi connectivity index (χ1n) is 15.1. The number of alkyl carbamates (subject to hydrolysis) is 1. The van der Waals surface area contributed by atoms with Gasteiger partial charge in [-0.25, -0.2) is 19.6 Å². The highest BCUT2D eigenvalue weighted by molar-refractivity contribution is 6.31. The summed E-state index contributed by atoms with van der Waals surface area (Å²) in [6, 6.07) is 3.20. The number of fused-ring (bicyclic) bond motifs is 5. The van der Waals surface area contributed by atoms with Gasteiger partial charge in [-0.05, 0) is 68.1 Å². The molecule has 6 atom stereocenters. The number of carboxylic acids is 1. The number of carbonyl (C=O) groups is 3. The van der Waals surface area contributed by atoms with Gasteiger partial charge in [-0.15, -0.1) is 0 Å². The third-order valence-electron chi connectivity index (χ3n) is 8.97. The molecule has 3 heterocycles. The maximum Gasteiger partial charge on any atom is 0.408 e. The Bertz CT molecular complexity index is 1350. The minimum absolute atomic E-state index is 0.0275. The van der Waals surface area contributed by atoms with Crippen molar-refractivity contribution >= 4 is 40.6 Å². The molecule has 1 saturated carbocycles. The molecule has 42 heavy (non-hydrogen) atoms. The predicted molar refractivity (Wildman–Crippen MR) is 157 cm³/mol. The Morgan fingerprint density at radius 3 is 2.52 bits per heavy atom. The second-order valence-corrected chi connectivity index (χ2v) is 13.5. The number of aromatic nitrogens is 2. The molecule has 1 aromatic heterocycles. The Labute approximate surface area is 251 Å². The summed E-state index contributed by atoms with van der Waals surface area (Å²) in [6.07, 6.45) is 5.77. The quantitative estimate of drug-likeness (QED) is 0.445. The van der Waals surface area contributed by atoms with E-state index in [0.29, 0.717) is 34.1 Å². The average Bonchev–Trinajstić information content (AvgIpc) is 3.49. The fourth-order valence-electron chi connectivity index (χ4n) is 6.61. The van der Waals surface area contributed by atoms with E-state index < -0.39 is 47.5 Å². The summed E-state index contributed by atoms with van der Waals surface area (Å²) in [6.45, 7) is 7.31. The van der Waals surface area contributed by atoms with E-state index in [-0.39, 0.29) is 18.6 Å². The van der Waals surface area contributed by atoms with E-state index in [1.807, 2.05) is 26.8 Å². The first kappa shape index (κ1) is 30.3. The molecule has 1 aliphatic carbocycles. The fraction of sp³-hybridized carbons (Fsp3) is 0.645. The van der Waals surface area contributed by atoms with Crippen molar-refractivity contribution in [3.63, 3.8) is 0 Å². The van der Waals surface area contributed by atoms with E-state index >= 15 is 0 Å². The molecule has 10 nitrogen and oxygen atoms in total. The number of ether oxygens (including phenoxy) is 2. The number of hydrogen-bond donors (Lipinski definition) is 2. The van der Waals surface area contributed by atoms with Crippen LogP contribution < -0.4 is 10.1 Å². The largest absolute Gasteiger partial charge is 0.480 e. The number of carbonyl (C=O) groups excluding carboxylic acids is 2. The van der Waals surface area contributed by atoms with Gasteiger partial charge in [-0.2, -0.15) is 0 Å². The summed E-state index contributed by atoms with van der Waals surface area (Å²) in [5.74, 6) is -1.55. The van der Waals surface area contributed by atoms with E-state index in [1.165, 1.54) is 4.90 Å². The smallest absolute Gasteiger partial charge is 0.408 e. The molecule has 1 aromatic carbocycles. The van der Waals surface area contributed by atoms with Crippen molar-refractivity contribution in [2.45, 2.75) is 103 Å². The third-order valence-corrected chi connectivity index (χ3v) is 9.20. The topological polar surface area (TPSA) is 131 Å². The maximum atomic E-state index is 14.0. The Morgan fingerprint density at radius 1 is 1.02 bits per heavy atom. The Morgan fingerprint density at radius 2 is 1.79 bits per heavy atom. The zero-order valence-corrected chi connectivity index (χ0v) is 25.5. The molecule has 0 radical (unpaired) electrons. The fourth-order valence-corrected chi connectivity index (χ4v) is 6.77. The van der Waals surface area contributed by atoms with Gasteiger partial charge < -0.3 is 24.8 Å². The van der Waals surface area contributed by atoms with E-state index in [9.17, 15) is 19.5 Å². The number of benzene rings is 1. The number of aliphatic carboxylic acids is 1. The Kier molecular flexibility index (Phi) is 8.83. The number of halogens is 1. The van der Waals surface area contributed by atoms with Crippen molar-refractivity contribution in [1.82, 2.24) is 20.2 Å². The van der Waals surface area contributed by atoms with Crippen molar-refractivity contribution < 1.29 is 29.0 Å². The van der Waals surface area contributed by atoms with Gasteiger partial charge in [0.25, 0.3) is 0 Å². The lowest BCUT2D eigenvalue weighted by molar-refractivity contribution is -0.151. The summed E-state index contributed by atoms with van der Waals surface area (Å²) in [5, 5.41) is 13.5. The van der Waals surface area contributed by atoms with Crippen LogP contribution in [0.5, 0.6) is 5.88 Å². The van der Waals surface area contributed by atoms with Gasteiger partial charge in [0.2, 0.25) is 11.8 Å². The van der Waals surface area contributed by atoms with E-state index in [4.69, 9.17) is 31.0 Å². The molecule has 2 N–H and O–H groups in total. The summed E-state index contributed by atoms with van der Waals surface area (Å²) >= 11 is 6.23. The maximum absolute atomic E-state index is 14.0. The number of nitrogens with one attached hydrogen (secondary N) is 1. The summed E-state index contributed by atoms with van der Waals surface area (Å²) < 4.78 is 12.3. The van der Waals surface area contributed by atoms with Gasteiger partial charge in [0.05, 0.1) is 17.6 Å². The first-order chi connectivity index (χ1) is 19.9.